The van der Waals surface area contributed by atoms with E-state index in [1.807, 2.05) is 0 Å². The standard InChI is InChI=1S/C10H20N2/c11-10-7-12-6-9(10)5-8-3-1-2-4-8/h8-10,12H,1-7,11H2/t9-,10+/m0/s1. The summed E-state index contributed by atoms with van der Waals surface area (Å²) in [6.45, 7) is 2.20. The van der Waals surface area contributed by atoms with Crippen LogP contribution in [0.25, 0.3) is 0 Å². The molecule has 1 aliphatic heterocycles. The number of rotatable bonds is 2. The van der Waals surface area contributed by atoms with Gasteiger partial charge in [-0.25, -0.2) is 0 Å². The van der Waals surface area contributed by atoms with Gasteiger partial charge in [-0.3, -0.25) is 0 Å². The maximum absolute atomic E-state index is 5.99. The molecular formula is C10H20N2. The van der Waals surface area contributed by atoms with Crippen LogP contribution in [0.1, 0.15) is 32.1 Å². The van der Waals surface area contributed by atoms with Gasteiger partial charge < -0.3 is 11.1 Å². The van der Waals surface area contributed by atoms with Gasteiger partial charge >= 0.3 is 0 Å². The Morgan fingerprint density at radius 3 is 2.50 bits per heavy atom. The molecule has 2 heteroatoms. The highest BCUT2D eigenvalue weighted by Crippen LogP contribution is 2.31. The number of nitrogens with one attached hydrogen (secondary N) is 1. The summed E-state index contributed by atoms with van der Waals surface area (Å²) >= 11 is 0. The maximum atomic E-state index is 5.99. The Labute approximate surface area is 74.9 Å². The smallest absolute Gasteiger partial charge is 0.0206 e. The second kappa shape index (κ2) is 3.75. The monoisotopic (exact) mass is 168 g/mol. The summed E-state index contributed by atoms with van der Waals surface area (Å²) in [5, 5.41) is 3.37. The Morgan fingerprint density at radius 2 is 1.92 bits per heavy atom. The van der Waals surface area contributed by atoms with Gasteiger partial charge in [-0.15, -0.1) is 0 Å². The molecule has 0 unspecified atom stereocenters. The molecule has 2 fully saturated rings. The highest BCUT2D eigenvalue weighted by Gasteiger charge is 2.27. The Balaban J connectivity index is 1.77. The summed E-state index contributed by atoms with van der Waals surface area (Å²) in [5.74, 6) is 1.77. The van der Waals surface area contributed by atoms with E-state index in [4.69, 9.17) is 5.73 Å². The van der Waals surface area contributed by atoms with Crippen molar-refractivity contribution >= 4 is 0 Å². The van der Waals surface area contributed by atoms with E-state index in [1.54, 1.807) is 0 Å². The summed E-state index contributed by atoms with van der Waals surface area (Å²) in [4.78, 5) is 0. The van der Waals surface area contributed by atoms with Crippen molar-refractivity contribution in [1.29, 1.82) is 0 Å². The van der Waals surface area contributed by atoms with Crippen molar-refractivity contribution in [1.82, 2.24) is 5.32 Å². The lowest BCUT2D eigenvalue weighted by Gasteiger charge is -2.18. The normalized spacial score (nSPS) is 37.8. The van der Waals surface area contributed by atoms with E-state index in [0.717, 1.165) is 24.9 Å². The molecule has 2 aliphatic rings. The molecule has 0 radical (unpaired) electrons. The molecule has 1 aliphatic carbocycles. The van der Waals surface area contributed by atoms with Crippen LogP contribution in [0.15, 0.2) is 0 Å². The Hall–Kier alpha value is -0.0800. The van der Waals surface area contributed by atoms with E-state index in [1.165, 1.54) is 32.1 Å². The first-order valence-corrected chi connectivity index (χ1v) is 5.32. The molecule has 0 aromatic carbocycles. The van der Waals surface area contributed by atoms with Gasteiger partial charge in [0.05, 0.1) is 0 Å². The quantitative estimate of drug-likeness (QED) is 0.648. The van der Waals surface area contributed by atoms with Gasteiger partial charge in [0.15, 0.2) is 0 Å². The minimum Gasteiger partial charge on any atom is -0.326 e. The lowest BCUT2D eigenvalue weighted by Crippen LogP contribution is -2.29. The molecule has 1 heterocycles. The zero-order chi connectivity index (χ0) is 8.39. The predicted octanol–water partition coefficient (Wildman–Crippen LogP) is 1.11. The molecule has 0 aromatic rings. The molecular weight excluding hydrogens is 148 g/mol. The first-order chi connectivity index (χ1) is 5.86. The van der Waals surface area contributed by atoms with Crippen molar-refractivity contribution in [3.63, 3.8) is 0 Å². The van der Waals surface area contributed by atoms with Gasteiger partial charge in [-0.05, 0) is 24.8 Å². The van der Waals surface area contributed by atoms with E-state index >= 15 is 0 Å². The largest absolute Gasteiger partial charge is 0.326 e. The van der Waals surface area contributed by atoms with Crippen LogP contribution in [0.2, 0.25) is 0 Å². The van der Waals surface area contributed by atoms with Crippen LogP contribution >= 0.6 is 0 Å². The third-order valence-corrected chi connectivity index (χ3v) is 3.50. The molecule has 0 aromatic heterocycles. The van der Waals surface area contributed by atoms with Crippen molar-refractivity contribution in [2.24, 2.45) is 17.6 Å². The van der Waals surface area contributed by atoms with Gasteiger partial charge in [0.2, 0.25) is 0 Å². The topological polar surface area (TPSA) is 38.0 Å². The third-order valence-electron chi connectivity index (χ3n) is 3.50. The SMILES string of the molecule is N[C@@H]1CNC[C@@H]1CC1CCCC1. The highest BCUT2D eigenvalue weighted by molar-refractivity contribution is 4.86. The second-order valence-electron chi connectivity index (χ2n) is 4.47. The van der Waals surface area contributed by atoms with Crippen molar-refractivity contribution < 1.29 is 0 Å². The molecule has 2 atom stereocenters. The van der Waals surface area contributed by atoms with E-state index in [2.05, 4.69) is 5.32 Å². The molecule has 3 N–H and O–H groups in total. The molecule has 0 spiro atoms. The van der Waals surface area contributed by atoms with Crippen molar-refractivity contribution in [3.8, 4) is 0 Å². The van der Waals surface area contributed by atoms with Crippen LogP contribution in [0.4, 0.5) is 0 Å². The Kier molecular flexibility index (Phi) is 2.66. The zero-order valence-electron chi connectivity index (χ0n) is 7.76. The molecule has 1 saturated heterocycles. The first kappa shape index (κ1) is 8.52. The minimum absolute atomic E-state index is 0.436. The summed E-state index contributed by atoms with van der Waals surface area (Å²) in [5.41, 5.74) is 5.99. The van der Waals surface area contributed by atoms with Gasteiger partial charge in [0.1, 0.15) is 0 Å². The van der Waals surface area contributed by atoms with Crippen molar-refractivity contribution in [3.05, 3.63) is 0 Å². The average molecular weight is 168 g/mol. The lowest BCUT2D eigenvalue weighted by molar-refractivity contribution is 0.372. The molecule has 12 heavy (non-hydrogen) atoms. The molecule has 2 rings (SSSR count). The molecule has 0 bridgehead atoms. The van der Waals surface area contributed by atoms with Crippen molar-refractivity contribution in [2.75, 3.05) is 13.1 Å². The summed E-state index contributed by atoms with van der Waals surface area (Å²) in [6.07, 6.45) is 7.22. The van der Waals surface area contributed by atoms with Gasteiger partial charge in [-0.1, -0.05) is 25.7 Å². The molecule has 2 nitrogen and oxygen atoms in total. The van der Waals surface area contributed by atoms with Crippen LogP contribution < -0.4 is 11.1 Å². The highest BCUT2D eigenvalue weighted by atomic mass is 15.0. The molecule has 0 amide bonds. The Bertz CT molecular complexity index is 141. The lowest BCUT2D eigenvalue weighted by atomic mass is 9.90. The first-order valence-electron chi connectivity index (χ1n) is 5.32. The van der Waals surface area contributed by atoms with E-state index in [9.17, 15) is 0 Å². The zero-order valence-corrected chi connectivity index (χ0v) is 7.76. The van der Waals surface area contributed by atoms with Crippen LogP contribution in [0.5, 0.6) is 0 Å². The number of nitrogens with two attached hydrogens (primary N) is 1. The average Bonchev–Trinajstić information content (AvgIpc) is 2.65. The van der Waals surface area contributed by atoms with Gasteiger partial charge in [0.25, 0.3) is 0 Å². The van der Waals surface area contributed by atoms with Gasteiger partial charge in [-0.2, -0.15) is 0 Å². The van der Waals surface area contributed by atoms with Crippen LogP contribution in [0, 0.1) is 11.8 Å². The maximum Gasteiger partial charge on any atom is 0.0206 e. The fraction of sp³-hybridized carbons (Fsp3) is 1.00. The third kappa shape index (κ3) is 1.80. The van der Waals surface area contributed by atoms with Crippen molar-refractivity contribution in [2.45, 2.75) is 38.1 Å². The predicted molar refractivity (Wildman–Crippen MR) is 50.9 cm³/mol. The summed E-state index contributed by atoms with van der Waals surface area (Å²) in [6, 6.07) is 0.436. The van der Waals surface area contributed by atoms with Crippen LogP contribution in [0.3, 0.4) is 0 Å². The Morgan fingerprint density at radius 1 is 1.17 bits per heavy atom. The second-order valence-corrected chi connectivity index (χ2v) is 4.47. The van der Waals surface area contributed by atoms with E-state index < -0.39 is 0 Å². The fourth-order valence-electron chi connectivity index (χ4n) is 2.69. The molecule has 1 saturated carbocycles. The fourth-order valence-corrected chi connectivity index (χ4v) is 2.69. The van der Waals surface area contributed by atoms with E-state index in [0.29, 0.717) is 6.04 Å². The molecule has 70 valence electrons. The van der Waals surface area contributed by atoms with Crippen LogP contribution in [-0.2, 0) is 0 Å². The van der Waals surface area contributed by atoms with Crippen LogP contribution in [-0.4, -0.2) is 19.1 Å². The number of hydrogen-bond acceptors (Lipinski definition) is 2. The van der Waals surface area contributed by atoms with Gasteiger partial charge in [0, 0.05) is 12.6 Å². The summed E-state index contributed by atoms with van der Waals surface area (Å²) in [7, 11) is 0. The van der Waals surface area contributed by atoms with E-state index in [-0.39, 0.29) is 0 Å². The summed E-state index contributed by atoms with van der Waals surface area (Å²) < 4.78 is 0. The minimum atomic E-state index is 0.436. The number of hydrogen-bond donors (Lipinski definition) is 2.